The van der Waals surface area contributed by atoms with Crippen LogP contribution in [0.3, 0.4) is 0 Å². The fraction of sp³-hybridized carbons (Fsp3) is 0.688. The molecule has 2 saturated heterocycles. The summed E-state index contributed by atoms with van der Waals surface area (Å²) in [7, 11) is 9.75. The van der Waals surface area contributed by atoms with Gasteiger partial charge in [-0.25, -0.2) is 0 Å². The molecule has 2 aliphatic heterocycles. The quantitative estimate of drug-likeness (QED) is 0.169. The number of amides is 2. The second kappa shape index (κ2) is 28.3. The van der Waals surface area contributed by atoms with E-state index in [0.29, 0.717) is 0 Å². The summed E-state index contributed by atoms with van der Waals surface area (Å²) in [6.45, 7) is 6.73. The van der Waals surface area contributed by atoms with Crippen molar-refractivity contribution in [1.82, 2.24) is 10.6 Å². The average Bonchev–Trinajstić information content (AvgIpc) is 3.10. The van der Waals surface area contributed by atoms with Gasteiger partial charge in [0, 0.05) is 55.4 Å². The summed E-state index contributed by atoms with van der Waals surface area (Å²) in [6, 6.07) is -2.55. The third-order valence-corrected chi connectivity index (χ3v) is 6.94. The molecule has 59 heavy (non-hydrogen) atoms. The van der Waals surface area contributed by atoms with Crippen molar-refractivity contribution in [2.75, 3.05) is 26.3 Å². The van der Waals surface area contributed by atoms with E-state index in [1.54, 1.807) is 0 Å². The molecule has 0 aromatic rings. The van der Waals surface area contributed by atoms with E-state index in [4.69, 9.17) is 77.7 Å². The molecule has 2 fully saturated rings. The number of rotatable bonds is 14. The van der Waals surface area contributed by atoms with Gasteiger partial charge in [0.1, 0.15) is 37.5 Å². The first-order valence-corrected chi connectivity index (χ1v) is 22.5. The number of hydrogen-bond acceptors (Lipinski definition) is 20. The third kappa shape index (κ3) is 21.6. The van der Waals surface area contributed by atoms with Crippen LogP contribution in [0, 0.1) is 0 Å². The molecule has 0 saturated carbocycles. The number of hydrogen-bond donors (Lipinski definition) is 2. The zero-order chi connectivity index (χ0) is 45.6. The van der Waals surface area contributed by atoms with Crippen molar-refractivity contribution in [2.45, 2.75) is 117 Å². The zero-order valence-electron chi connectivity index (χ0n) is 32.8. The van der Waals surface area contributed by atoms with E-state index in [-0.39, 0.29) is 0 Å². The first-order valence-electron chi connectivity index (χ1n) is 16.8. The molecule has 10 atom stereocenters. The van der Waals surface area contributed by atoms with Gasteiger partial charge in [-0.3, -0.25) is 47.9 Å². The topological polar surface area (TPSA) is 335 Å². The Morgan fingerprint density at radius 2 is 0.729 bits per heavy atom. The van der Waals surface area contributed by atoms with Crippen molar-refractivity contribution in [2.24, 2.45) is 0 Å². The third-order valence-electron chi connectivity index (χ3n) is 6.94. The summed E-state index contributed by atoms with van der Waals surface area (Å²) in [4.78, 5) is 115. The Kier molecular flexibility index (Phi) is 26.3. The summed E-state index contributed by atoms with van der Waals surface area (Å²) < 4.78 is 51.8. The van der Waals surface area contributed by atoms with Crippen LogP contribution in [0.4, 0.5) is 0 Å². The summed E-state index contributed by atoms with van der Waals surface area (Å²) >= 11 is -0.472. The van der Waals surface area contributed by atoms with E-state index in [1.165, 1.54) is 0 Å². The van der Waals surface area contributed by atoms with Gasteiger partial charge in [0.2, 0.25) is 12.6 Å². The Morgan fingerprint density at radius 1 is 0.475 bits per heavy atom. The van der Waals surface area contributed by atoms with Gasteiger partial charge < -0.3 is 69.5 Å². The molecule has 10 unspecified atom stereocenters. The monoisotopic (exact) mass is 1070 g/mol. The molecule has 2 amide bonds. The number of nitrogens with one attached hydrogen (secondary N) is 4. The molecule has 24 nitrogen and oxygen atoms in total. The fourth-order valence-corrected chi connectivity index (χ4v) is 5.11. The van der Waals surface area contributed by atoms with Crippen LogP contribution in [-0.2, 0) is 112 Å². The molecule has 0 radical (unpaired) electrons. The standard InChI is InChI=1S/2C16H23N2O10.2ClH.Pt/c2*1-7(19)24-6-11-14(25-8(2)20)15(26-9(3)21)13(18-12(23)5-17)16(28-11)27-10(4)22;;;/h2*11,13-17H,5-6H2,1-4H3,(H,18,23);2*1H;/q2*-1;;;+4/p-2. The molecule has 4 N–H and O–H groups in total. The molecule has 0 aliphatic carbocycles. The summed E-state index contributed by atoms with van der Waals surface area (Å²) in [5, 5.41) is 4.73. The SMILES string of the molecule is CC(=O)OCC1OC(OC(C)=O)C(NC(=O)C[NH-])C(OC(C)=O)C1OC(C)=O.CC(=O)OCC1OC(OC(C)=O)C(NC(=O)C[NH-])C(OC(C)=O)C1OC(C)=O.[Cl][Pt+2][Cl]. The second-order valence-electron chi connectivity index (χ2n) is 11.8. The van der Waals surface area contributed by atoms with Gasteiger partial charge >= 0.3 is 83.1 Å². The zero-order valence-corrected chi connectivity index (χ0v) is 36.6. The molecule has 27 heteroatoms. The maximum absolute atomic E-state index is 11.8. The van der Waals surface area contributed by atoms with E-state index < -0.39 is 164 Å². The van der Waals surface area contributed by atoms with Gasteiger partial charge in [0.05, 0.1) is 0 Å². The van der Waals surface area contributed by atoms with E-state index in [0.717, 1.165) is 55.4 Å². The first-order chi connectivity index (χ1) is 27.5. The van der Waals surface area contributed by atoms with E-state index in [1.807, 2.05) is 0 Å². The Labute approximate surface area is 354 Å². The summed E-state index contributed by atoms with van der Waals surface area (Å²) in [5.41, 5.74) is 14.3. The van der Waals surface area contributed by atoms with Crippen LogP contribution >= 0.6 is 18.8 Å². The molecule has 0 aromatic carbocycles. The van der Waals surface area contributed by atoms with Gasteiger partial charge in [0.25, 0.3) is 0 Å². The maximum atomic E-state index is 11.8. The summed E-state index contributed by atoms with van der Waals surface area (Å²) in [5.74, 6) is -7.45. The number of ether oxygens (including phenoxy) is 10. The van der Waals surface area contributed by atoms with Crippen molar-refractivity contribution in [3.63, 3.8) is 0 Å². The van der Waals surface area contributed by atoms with Crippen molar-refractivity contribution < 1.29 is 112 Å². The van der Waals surface area contributed by atoms with Gasteiger partial charge in [-0.2, -0.15) is 0 Å². The molecule has 338 valence electrons. The Morgan fingerprint density at radius 3 is 0.949 bits per heavy atom. The normalized spacial score (nSPS) is 25.6. The Bertz CT molecular complexity index is 1390. The Hall–Kier alpha value is -4.19. The van der Waals surface area contributed by atoms with Crippen LogP contribution in [-0.4, -0.2) is 147 Å². The number of carbonyl (C=O) groups excluding carboxylic acids is 10. The predicted molar refractivity (Wildman–Crippen MR) is 190 cm³/mol. The molecule has 2 rings (SSSR count). The summed E-state index contributed by atoms with van der Waals surface area (Å²) in [6.07, 6.45) is -10.5. The van der Waals surface area contributed by atoms with Crippen molar-refractivity contribution in [1.29, 1.82) is 0 Å². The average molecular weight is 1070 g/mol. The van der Waals surface area contributed by atoms with Gasteiger partial charge in [0.15, 0.2) is 36.2 Å². The molecule has 0 bridgehead atoms. The first kappa shape index (κ1) is 54.8. The molecule has 2 aliphatic rings. The minimum absolute atomic E-state index is 0.401. The van der Waals surface area contributed by atoms with Crippen molar-refractivity contribution in [3.05, 3.63) is 11.5 Å². The van der Waals surface area contributed by atoms with Crippen LogP contribution in [0.15, 0.2) is 0 Å². The van der Waals surface area contributed by atoms with Gasteiger partial charge in [-0.15, -0.1) is 0 Å². The van der Waals surface area contributed by atoms with Crippen LogP contribution in [0.5, 0.6) is 0 Å². The second-order valence-corrected chi connectivity index (χ2v) is 15.1. The molecule has 0 aromatic heterocycles. The van der Waals surface area contributed by atoms with Gasteiger partial charge in [-0.05, 0) is 0 Å². The number of esters is 8. The van der Waals surface area contributed by atoms with Crippen molar-refractivity contribution >= 4 is 78.4 Å². The van der Waals surface area contributed by atoms with E-state index in [2.05, 4.69) is 10.6 Å². The van der Waals surface area contributed by atoms with Crippen molar-refractivity contribution in [3.8, 4) is 0 Å². The number of carbonyl (C=O) groups is 10. The molecule has 2 heterocycles. The van der Waals surface area contributed by atoms with Crippen LogP contribution in [0.25, 0.3) is 11.5 Å². The van der Waals surface area contributed by atoms with Crippen LogP contribution in [0.1, 0.15) is 55.4 Å². The van der Waals surface area contributed by atoms with E-state index >= 15 is 0 Å². The van der Waals surface area contributed by atoms with Gasteiger partial charge in [-0.1, -0.05) is 13.1 Å². The number of halogens is 2. The predicted octanol–water partition coefficient (Wildman–Crippen LogP) is -0.148. The minimum atomic E-state index is -1.45. The molecular weight excluding hydrogens is 1030 g/mol. The fourth-order valence-electron chi connectivity index (χ4n) is 5.11. The van der Waals surface area contributed by atoms with Crippen LogP contribution in [0.2, 0.25) is 0 Å². The van der Waals surface area contributed by atoms with E-state index in [9.17, 15) is 47.9 Å². The molecular formula is C32H46Cl2N4O20Pt. The molecule has 0 spiro atoms. The van der Waals surface area contributed by atoms with Crippen LogP contribution < -0.4 is 10.6 Å². The Balaban J connectivity index is 0.00000107.